The van der Waals surface area contributed by atoms with E-state index in [1.807, 2.05) is 29.6 Å². The Balaban J connectivity index is 1.33. The Morgan fingerprint density at radius 1 is 1.07 bits per heavy atom. The fraction of sp³-hybridized carbons (Fsp3) is 0.238. The van der Waals surface area contributed by atoms with Gasteiger partial charge in [-0.15, -0.1) is 11.3 Å². The van der Waals surface area contributed by atoms with E-state index in [2.05, 4.69) is 15.2 Å². The second-order valence-electron chi connectivity index (χ2n) is 6.65. The summed E-state index contributed by atoms with van der Waals surface area (Å²) < 4.78 is 18.2. The van der Waals surface area contributed by atoms with Crippen LogP contribution in [0.3, 0.4) is 0 Å². The van der Waals surface area contributed by atoms with E-state index in [0.717, 1.165) is 27.8 Å². The number of halogens is 1. The molecule has 1 aliphatic heterocycles. The van der Waals surface area contributed by atoms with Gasteiger partial charge in [-0.2, -0.15) is 0 Å². The van der Waals surface area contributed by atoms with E-state index in [0.29, 0.717) is 26.2 Å². The Bertz CT molecular complexity index is 967. The topological polar surface area (TPSA) is 57.7 Å². The molecule has 0 radical (unpaired) electrons. The zero-order valence-electron chi connectivity index (χ0n) is 16.0. The van der Waals surface area contributed by atoms with Crippen molar-refractivity contribution in [3.05, 3.63) is 59.7 Å². The second-order valence-corrected chi connectivity index (χ2v) is 7.49. The smallest absolute Gasteiger partial charge is 0.321 e. The Morgan fingerprint density at radius 3 is 2.41 bits per heavy atom. The van der Waals surface area contributed by atoms with E-state index in [1.165, 1.54) is 12.1 Å². The number of urea groups is 1. The quantitative estimate of drug-likeness (QED) is 0.694. The van der Waals surface area contributed by atoms with Gasteiger partial charge >= 0.3 is 6.03 Å². The van der Waals surface area contributed by atoms with E-state index in [4.69, 9.17) is 4.74 Å². The normalized spacial score (nSPS) is 14.0. The molecule has 0 unspecified atom stereocenters. The molecule has 8 heteroatoms. The minimum atomic E-state index is -0.256. The molecule has 1 saturated heterocycles. The molecule has 29 heavy (non-hydrogen) atoms. The fourth-order valence-corrected chi connectivity index (χ4v) is 4.03. The number of rotatable bonds is 4. The van der Waals surface area contributed by atoms with Gasteiger partial charge in [-0.1, -0.05) is 0 Å². The molecule has 0 saturated carbocycles. The summed E-state index contributed by atoms with van der Waals surface area (Å²) in [6, 6.07) is 13.5. The van der Waals surface area contributed by atoms with Crippen molar-refractivity contribution in [1.29, 1.82) is 0 Å². The first-order valence-electron chi connectivity index (χ1n) is 9.29. The monoisotopic (exact) mass is 412 g/mol. The van der Waals surface area contributed by atoms with Gasteiger partial charge in [-0.05, 0) is 48.5 Å². The first kappa shape index (κ1) is 19.2. The summed E-state index contributed by atoms with van der Waals surface area (Å²) in [6.07, 6.45) is 0. The Morgan fingerprint density at radius 2 is 1.76 bits per heavy atom. The number of ether oxygens (including phenoxy) is 1. The van der Waals surface area contributed by atoms with Crippen molar-refractivity contribution in [2.45, 2.75) is 0 Å². The van der Waals surface area contributed by atoms with Gasteiger partial charge < -0.3 is 19.9 Å². The number of thiazole rings is 1. The summed E-state index contributed by atoms with van der Waals surface area (Å²) in [5, 5.41) is 5.81. The first-order valence-corrected chi connectivity index (χ1v) is 10.2. The van der Waals surface area contributed by atoms with Gasteiger partial charge in [0.05, 0.1) is 12.8 Å². The predicted molar refractivity (Wildman–Crippen MR) is 113 cm³/mol. The molecule has 3 aromatic rings. The molecule has 1 fully saturated rings. The zero-order chi connectivity index (χ0) is 20.2. The van der Waals surface area contributed by atoms with Crippen molar-refractivity contribution in [3.63, 3.8) is 0 Å². The van der Waals surface area contributed by atoms with Gasteiger partial charge in [0.15, 0.2) is 5.13 Å². The van der Waals surface area contributed by atoms with Gasteiger partial charge in [-0.3, -0.25) is 0 Å². The molecule has 0 bridgehead atoms. The molecular formula is C21H21FN4O2S. The van der Waals surface area contributed by atoms with Crippen LogP contribution in [0.2, 0.25) is 0 Å². The molecule has 1 aliphatic rings. The molecule has 2 amide bonds. The number of amides is 2. The highest BCUT2D eigenvalue weighted by Gasteiger charge is 2.23. The van der Waals surface area contributed by atoms with Gasteiger partial charge in [0.1, 0.15) is 11.6 Å². The van der Waals surface area contributed by atoms with Crippen LogP contribution in [0.5, 0.6) is 5.75 Å². The minimum absolute atomic E-state index is 0.110. The van der Waals surface area contributed by atoms with Gasteiger partial charge in [0, 0.05) is 42.8 Å². The zero-order valence-corrected chi connectivity index (χ0v) is 16.8. The lowest BCUT2D eigenvalue weighted by molar-refractivity contribution is 0.208. The molecule has 0 spiro atoms. The lowest BCUT2D eigenvalue weighted by Crippen LogP contribution is -2.50. The standard InChI is InChI=1S/C21H21FN4O2S/c1-28-18-8-6-17(7-9-18)23-20(27)25-10-12-26(13-11-25)21-24-19(14-29-21)15-2-4-16(22)5-3-15/h2-9,14H,10-13H2,1H3,(H,23,27). The SMILES string of the molecule is COc1ccc(NC(=O)N2CCN(c3nc(-c4ccc(F)cc4)cs3)CC2)cc1. The number of hydrogen-bond acceptors (Lipinski definition) is 5. The van der Waals surface area contributed by atoms with Crippen LogP contribution in [-0.4, -0.2) is 49.2 Å². The second kappa shape index (κ2) is 8.48. The molecule has 1 aromatic heterocycles. The lowest BCUT2D eigenvalue weighted by Gasteiger charge is -2.34. The Hall–Kier alpha value is -3.13. The van der Waals surface area contributed by atoms with Crippen molar-refractivity contribution in [2.75, 3.05) is 43.5 Å². The van der Waals surface area contributed by atoms with E-state index >= 15 is 0 Å². The van der Waals surface area contributed by atoms with Crippen molar-refractivity contribution in [1.82, 2.24) is 9.88 Å². The first-order chi connectivity index (χ1) is 14.1. The Labute approximate surface area is 172 Å². The third kappa shape index (κ3) is 4.48. The number of methoxy groups -OCH3 is 1. The number of nitrogens with one attached hydrogen (secondary N) is 1. The highest BCUT2D eigenvalue weighted by Crippen LogP contribution is 2.28. The number of hydrogen-bond donors (Lipinski definition) is 1. The van der Waals surface area contributed by atoms with Crippen molar-refractivity contribution in [3.8, 4) is 17.0 Å². The number of benzene rings is 2. The molecule has 2 heterocycles. The largest absolute Gasteiger partial charge is 0.497 e. The van der Waals surface area contributed by atoms with Gasteiger partial charge in [0.2, 0.25) is 0 Å². The van der Waals surface area contributed by atoms with Crippen molar-refractivity contribution < 1.29 is 13.9 Å². The molecule has 150 valence electrons. The van der Waals surface area contributed by atoms with E-state index < -0.39 is 0 Å². The molecule has 0 atom stereocenters. The molecule has 6 nitrogen and oxygen atoms in total. The molecule has 4 rings (SSSR count). The van der Waals surface area contributed by atoms with Crippen LogP contribution in [0.1, 0.15) is 0 Å². The highest BCUT2D eigenvalue weighted by molar-refractivity contribution is 7.14. The molecule has 1 N–H and O–H groups in total. The third-order valence-corrected chi connectivity index (χ3v) is 5.71. The van der Waals surface area contributed by atoms with Crippen LogP contribution >= 0.6 is 11.3 Å². The van der Waals surface area contributed by atoms with Crippen LogP contribution in [0.4, 0.5) is 20.0 Å². The summed E-state index contributed by atoms with van der Waals surface area (Å²) in [5.41, 5.74) is 2.47. The maximum absolute atomic E-state index is 13.1. The summed E-state index contributed by atoms with van der Waals surface area (Å²) >= 11 is 1.56. The average Bonchev–Trinajstić information content (AvgIpc) is 3.25. The summed E-state index contributed by atoms with van der Waals surface area (Å²) in [7, 11) is 1.61. The van der Waals surface area contributed by atoms with Crippen LogP contribution in [0, 0.1) is 5.82 Å². The van der Waals surface area contributed by atoms with Crippen LogP contribution in [0.15, 0.2) is 53.9 Å². The van der Waals surface area contributed by atoms with Crippen molar-refractivity contribution in [2.24, 2.45) is 0 Å². The number of carbonyl (C=O) groups is 1. The van der Waals surface area contributed by atoms with E-state index in [1.54, 1.807) is 35.5 Å². The van der Waals surface area contributed by atoms with Crippen LogP contribution in [0.25, 0.3) is 11.3 Å². The number of aromatic nitrogens is 1. The number of anilines is 2. The van der Waals surface area contributed by atoms with Crippen molar-refractivity contribution >= 4 is 28.2 Å². The van der Waals surface area contributed by atoms with Crippen LogP contribution < -0.4 is 15.0 Å². The number of nitrogens with zero attached hydrogens (tertiary/aromatic N) is 3. The minimum Gasteiger partial charge on any atom is -0.497 e. The summed E-state index contributed by atoms with van der Waals surface area (Å²) in [4.78, 5) is 21.2. The maximum Gasteiger partial charge on any atom is 0.321 e. The average molecular weight is 412 g/mol. The summed E-state index contributed by atoms with van der Waals surface area (Å²) in [5.74, 6) is 0.494. The highest BCUT2D eigenvalue weighted by atomic mass is 32.1. The number of piperazine rings is 1. The third-order valence-electron chi connectivity index (χ3n) is 4.81. The van der Waals surface area contributed by atoms with Crippen LogP contribution in [-0.2, 0) is 0 Å². The van der Waals surface area contributed by atoms with Gasteiger partial charge in [-0.25, -0.2) is 14.2 Å². The lowest BCUT2D eigenvalue weighted by atomic mass is 10.2. The van der Waals surface area contributed by atoms with E-state index in [-0.39, 0.29) is 11.8 Å². The molecular weight excluding hydrogens is 391 g/mol. The molecule has 0 aliphatic carbocycles. The fourth-order valence-electron chi connectivity index (χ4n) is 3.14. The Kier molecular flexibility index (Phi) is 5.62. The predicted octanol–water partition coefficient (Wildman–Crippen LogP) is 4.31. The maximum atomic E-state index is 13.1. The van der Waals surface area contributed by atoms with E-state index in [9.17, 15) is 9.18 Å². The summed E-state index contributed by atoms with van der Waals surface area (Å²) in [6.45, 7) is 2.67. The van der Waals surface area contributed by atoms with Gasteiger partial charge in [0.25, 0.3) is 0 Å². The number of carbonyl (C=O) groups excluding carboxylic acids is 1. The molecule has 2 aromatic carbocycles.